The molecule has 7 nitrogen and oxygen atoms in total. The highest BCUT2D eigenvalue weighted by atomic mass is 35.5. The smallest absolute Gasteiger partial charge is 0.244 e. The molecule has 1 N–H and O–H groups in total. The second-order valence-corrected chi connectivity index (χ2v) is 11.7. The van der Waals surface area contributed by atoms with Crippen molar-refractivity contribution in [3.8, 4) is 0 Å². The van der Waals surface area contributed by atoms with Gasteiger partial charge in [-0.05, 0) is 56.2 Å². The molecule has 0 unspecified atom stereocenters. The molecule has 0 fully saturated rings. The third kappa shape index (κ3) is 8.15. The molecule has 0 aromatic heterocycles. The first kappa shape index (κ1) is 29.5. The van der Waals surface area contributed by atoms with Gasteiger partial charge in [0.05, 0.1) is 22.0 Å². The number of anilines is 1. The van der Waals surface area contributed by atoms with E-state index in [-0.39, 0.29) is 34.2 Å². The standard InChI is InChI=1S/C23H27Cl4N3O4S/c1-5-14(2)28-23(32)15(3)29(12-16-6-7-17(24)10-20(16)26)22(31)13-30(35(4,33)34)18-8-9-19(25)21(27)11-18/h6-11,14-15H,5,12-13H2,1-4H3,(H,28,32)/t14-,15-/m0/s1. The number of halogens is 4. The van der Waals surface area contributed by atoms with Crippen LogP contribution in [0.15, 0.2) is 36.4 Å². The Balaban J connectivity index is 2.44. The maximum absolute atomic E-state index is 13.5. The average molecular weight is 583 g/mol. The quantitative estimate of drug-likeness (QED) is 0.406. The molecule has 0 aliphatic heterocycles. The molecule has 12 heteroatoms. The zero-order valence-corrected chi connectivity index (χ0v) is 23.5. The van der Waals surface area contributed by atoms with Gasteiger partial charge in [0.25, 0.3) is 0 Å². The summed E-state index contributed by atoms with van der Waals surface area (Å²) in [6.07, 6.45) is 1.68. The molecular formula is C23H27Cl4N3O4S. The molecule has 2 aromatic rings. The van der Waals surface area contributed by atoms with Crippen LogP contribution >= 0.6 is 46.4 Å². The molecule has 0 aliphatic carbocycles. The van der Waals surface area contributed by atoms with Crippen molar-refractivity contribution in [3.63, 3.8) is 0 Å². The van der Waals surface area contributed by atoms with Crippen LogP contribution in [0, 0.1) is 0 Å². The van der Waals surface area contributed by atoms with Gasteiger partial charge in [0.2, 0.25) is 21.8 Å². The highest BCUT2D eigenvalue weighted by molar-refractivity contribution is 7.92. The van der Waals surface area contributed by atoms with Gasteiger partial charge in [-0.3, -0.25) is 13.9 Å². The summed E-state index contributed by atoms with van der Waals surface area (Å²) in [6, 6.07) is 8.02. The lowest BCUT2D eigenvalue weighted by molar-refractivity contribution is -0.139. The van der Waals surface area contributed by atoms with E-state index in [0.29, 0.717) is 22.0 Å². The largest absolute Gasteiger partial charge is 0.352 e. The second-order valence-electron chi connectivity index (χ2n) is 8.12. The first-order valence-corrected chi connectivity index (χ1v) is 14.1. The number of carbonyl (C=O) groups is 2. The van der Waals surface area contributed by atoms with Gasteiger partial charge in [0.15, 0.2) is 0 Å². The molecule has 0 saturated carbocycles. The summed E-state index contributed by atoms with van der Waals surface area (Å²) >= 11 is 24.3. The molecule has 2 amide bonds. The third-order valence-electron chi connectivity index (χ3n) is 5.39. The normalized spacial score (nSPS) is 13.1. The summed E-state index contributed by atoms with van der Waals surface area (Å²) in [5, 5.41) is 3.96. The Hall–Kier alpha value is -1.71. The van der Waals surface area contributed by atoms with E-state index in [4.69, 9.17) is 46.4 Å². The lowest BCUT2D eigenvalue weighted by Gasteiger charge is -2.32. The fraction of sp³-hybridized carbons (Fsp3) is 0.391. The summed E-state index contributed by atoms with van der Waals surface area (Å²) < 4.78 is 26.1. The molecule has 192 valence electrons. The van der Waals surface area contributed by atoms with Crippen molar-refractivity contribution < 1.29 is 18.0 Å². The SMILES string of the molecule is CC[C@H](C)NC(=O)[C@H](C)N(Cc1ccc(Cl)cc1Cl)C(=O)CN(c1ccc(Cl)c(Cl)c1)S(C)(=O)=O. The van der Waals surface area contributed by atoms with Crippen molar-refractivity contribution >= 4 is 73.9 Å². The molecule has 0 radical (unpaired) electrons. The summed E-state index contributed by atoms with van der Waals surface area (Å²) in [4.78, 5) is 27.7. The Kier molecular flexibility index (Phi) is 10.5. The van der Waals surface area contributed by atoms with Crippen LogP contribution in [0.3, 0.4) is 0 Å². The summed E-state index contributed by atoms with van der Waals surface area (Å²) in [5.74, 6) is -0.988. The van der Waals surface area contributed by atoms with Gasteiger partial charge in [-0.25, -0.2) is 8.42 Å². The summed E-state index contributed by atoms with van der Waals surface area (Å²) in [7, 11) is -3.89. The van der Waals surface area contributed by atoms with Crippen LogP contribution in [-0.2, 0) is 26.2 Å². The fourth-order valence-corrected chi connectivity index (χ4v) is 4.74. The molecular weight excluding hydrogens is 556 g/mol. The van der Waals surface area contributed by atoms with Crippen molar-refractivity contribution in [2.75, 3.05) is 17.1 Å². The molecule has 2 atom stereocenters. The maximum Gasteiger partial charge on any atom is 0.244 e. The van der Waals surface area contributed by atoms with E-state index in [2.05, 4.69) is 5.32 Å². The van der Waals surface area contributed by atoms with E-state index in [9.17, 15) is 18.0 Å². The highest BCUT2D eigenvalue weighted by Crippen LogP contribution is 2.29. The van der Waals surface area contributed by atoms with E-state index in [0.717, 1.165) is 10.6 Å². The minimum absolute atomic E-state index is 0.0388. The van der Waals surface area contributed by atoms with Crippen LogP contribution in [0.5, 0.6) is 0 Å². The van der Waals surface area contributed by atoms with E-state index in [1.807, 2.05) is 13.8 Å². The Morgan fingerprint density at radius 3 is 2.17 bits per heavy atom. The molecule has 35 heavy (non-hydrogen) atoms. The van der Waals surface area contributed by atoms with Gasteiger partial charge < -0.3 is 10.2 Å². The molecule has 0 aliphatic rings. The van der Waals surface area contributed by atoms with Gasteiger partial charge in [0, 0.05) is 22.6 Å². The number of hydrogen-bond donors (Lipinski definition) is 1. The number of rotatable bonds is 10. The number of amides is 2. The lowest BCUT2D eigenvalue weighted by Crippen LogP contribution is -2.52. The van der Waals surface area contributed by atoms with Gasteiger partial charge in [0.1, 0.15) is 12.6 Å². The maximum atomic E-state index is 13.5. The van der Waals surface area contributed by atoms with Crippen molar-refractivity contribution in [1.29, 1.82) is 0 Å². The van der Waals surface area contributed by atoms with Gasteiger partial charge in [-0.1, -0.05) is 59.4 Å². The van der Waals surface area contributed by atoms with Crippen LogP contribution in [0.1, 0.15) is 32.8 Å². The zero-order chi connectivity index (χ0) is 26.5. The van der Waals surface area contributed by atoms with E-state index >= 15 is 0 Å². The summed E-state index contributed by atoms with van der Waals surface area (Å²) in [5.41, 5.74) is 0.712. The molecule has 0 saturated heterocycles. The average Bonchev–Trinajstić information content (AvgIpc) is 2.77. The first-order chi connectivity index (χ1) is 16.2. The van der Waals surface area contributed by atoms with E-state index in [1.165, 1.54) is 29.2 Å². The minimum atomic E-state index is -3.89. The molecule has 0 heterocycles. The second kappa shape index (κ2) is 12.5. The van der Waals surface area contributed by atoms with Crippen LogP contribution in [0.4, 0.5) is 5.69 Å². The van der Waals surface area contributed by atoms with Crippen molar-refractivity contribution in [3.05, 3.63) is 62.1 Å². The summed E-state index contributed by atoms with van der Waals surface area (Å²) in [6.45, 7) is 4.74. The minimum Gasteiger partial charge on any atom is -0.352 e. The topological polar surface area (TPSA) is 86.8 Å². The van der Waals surface area contributed by atoms with Crippen molar-refractivity contribution in [1.82, 2.24) is 10.2 Å². The molecule has 2 aromatic carbocycles. The Labute approximate surface area is 226 Å². The first-order valence-electron chi connectivity index (χ1n) is 10.7. The lowest BCUT2D eigenvalue weighted by atomic mass is 10.1. The van der Waals surface area contributed by atoms with Gasteiger partial charge in [-0.2, -0.15) is 0 Å². The number of hydrogen-bond acceptors (Lipinski definition) is 4. The predicted octanol–water partition coefficient (Wildman–Crippen LogP) is 5.40. The van der Waals surface area contributed by atoms with Gasteiger partial charge >= 0.3 is 0 Å². The molecule has 0 bridgehead atoms. The Morgan fingerprint density at radius 2 is 1.63 bits per heavy atom. The van der Waals surface area contributed by atoms with Crippen molar-refractivity contribution in [2.24, 2.45) is 0 Å². The highest BCUT2D eigenvalue weighted by Gasteiger charge is 2.31. The molecule has 2 rings (SSSR count). The van der Waals surface area contributed by atoms with Crippen LogP contribution in [-0.4, -0.2) is 50.0 Å². The monoisotopic (exact) mass is 581 g/mol. The Bertz CT molecular complexity index is 1190. The Morgan fingerprint density at radius 1 is 0.971 bits per heavy atom. The number of nitrogens with zero attached hydrogens (tertiary/aromatic N) is 2. The third-order valence-corrected chi connectivity index (χ3v) is 7.86. The van der Waals surface area contributed by atoms with Gasteiger partial charge in [-0.15, -0.1) is 0 Å². The van der Waals surface area contributed by atoms with Crippen LogP contribution in [0.25, 0.3) is 0 Å². The number of carbonyl (C=O) groups excluding carboxylic acids is 2. The number of sulfonamides is 1. The molecule has 0 spiro atoms. The number of nitrogens with one attached hydrogen (secondary N) is 1. The predicted molar refractivity (Wildman–Crippen MR) is 143 cm³/mol. The van der Waals surface area contributed by atoms with E-state index in [1.54, 1.807) is 19.1 Å². The zero-order valence-electron chi connectivity index (χ0n) is 19.7. The van der Waals surface area contributed by atoms with E-state index < -0.39 is 28.5 Å². The van der Waals surface area contributed by atoms with Crippen LogP contribution in [0.2, 0.25) is 20.1 Å². The van der Waals surface area contributed by atoms with Crippen LogP contribution < -0.4 is 9.62 Å². The number of benzene rings is 2. The fourth-order valence-electron chi connectivity index (χ4n) is 3.14. The van der Waals surface area contributed by atoms with Crippen molar-refractivity contribution in [2.45, 2.75) is 45.8 Å².